The number of rotatable bonds is 4. The number of nitrogens with one attached hydrogen (secondary N) is 1. The van der Waals surface area contributed by atoms with Crippen molar-refractivity contribution in [3.63, 3.8) is 0 Å². The predicted octanol–water partition coefficient (Wildman–Crippen LogP) is 4.44. The summed E-state index contributed by atoms with van der Waals surface area (Å²) in [5.41, 5.74) is 1.95. The molecule has 6 heteroatoms. The molecule has 110 valence electrons. The van der Waals surface area contributed by atoms with Gasteiger partial charge in [-0.2, -0.15) is 0 Å². The van der Waals surface area contributed by atoms with Crippen molar-refractivity contribution in [1.82, 2.24) is 0 Å². The van der Waals surface area contributed by atoms with Crippen molar-refractivity contribution in [2.75, 3.05) is 5.32 Å². The van der Waals surface area contributed by atoms with Gasteiger partial charge in [0.1, 0.15) is 11.4 Å². The van der Waals surface area contributed by atoms with Crippen molar-refractivity contribution in [3.05, 3.63) is 62.7 Å². The Morgan fingerprint density at radius 2 is 2.00 bits per heavy atom. The third-order valence-corrected chi connectivity index (χ3v) is 3.41. The minimum absolute atomic E-state index is 0.0958. The summed E-state index contributed by atoms with van der Waals surface area (Å²) in [6, 6.07) is 9.41. The van der Waals surface area contributed by atoms with Gasteiger partial charge >= 0.3 is 0 Å². The lowest BCUT2D eigenvalue weighted by molar-refractivity contribution is -0.384. The smallest absolute Gasteiger partial charge is 0.293 e. The summed E-state index contributed by atoms with van der Waals surface area (Å²) >= 11 is 5.79. The van der Waals surface area contributed by atoms with Crippen molar-refractivity contribution in [2.45, 2.75) is 19.9 Å². The van der Waals surface area contributed by atoms with E-state index in [0.717, 1.165) is 5.56 Å². The van der Waals surface area contributed by atoms with Crippen LogP contribution in [0.15, 0.2) is 36.4 Å². The molecular formula is C15H15ClN2O3. The van der Waals surface area contributed by atoms with Crippen LogP contribution in [0.3, 0.4) is 0 Å². The number of nitrogens with zero attached hydrogens (tertiary/aromatic N) is 1. The molecule has 0 saturated heterocycles. The standard InChI is InChI=1S/C15H15ClN2O3/c1-9-3-6-15(19)12(7-9)10(2)17-13-5-4-11(16)8-14(13)18(20)21/h3-8,10,17,19H,1-2H3. The Labute approximate surface area is 127 Å². The van der Waals surface area contributed by atoms with Gasteiger partial charge in [0.25, 0.3) is 5.69 Å². The lowest BCUT2D eigenvalue weighted by Gasteiger charge is -2.17. The van der Waals surface area contributed by atoms with Crippen molar-refractivity contribution in [2.24, 2.45) is 0 Å². The number of anilines is 1. The SMILES string of the molecule is Cc1ccc(O)c(C(C)Nc2ccc(Cl)cc2[N+](=O)[O-])c1. The Morgan fingerprint density at radius 1 is 1.29 bits per heavy atom. The molecule has 0 heterocycles. The molecule has 2 aromatic rings. The molecule has 0 amide bonds. The molecule has 0 aliphatic carbocycles. The van der Waals surface area contributed by atoms with Crippen molar-refractivity contribution >= 4 is 23.0 Å². The fourth-order valence-electron chi connectivity index (χ4n) is 2.11. The zero-order chi connectivity index (χ0) is 15.6. The number of nitro benzene ring substituents is 1. The molecule has 0 aliphatic heterocycles. The van der Waals surface area contributed by atoms with Crippen LogP contribution in [0.5, 0.6) is 5.75 Å². The fraction of sp³-hybridized carbons (Fsp3) is 0.200. The molecule has 2 N–H and O–H groups in total. The summed E-state index contributed by atoms with van der Waals surface area (Å²) in [6.45, 7) is 3.74. The molecule has 1 unspecified atom stereocenters. The van der Waals surface area contributed by atoms with Crippen LogP contribution in [0.4, 0.5) is 11.4 Å². The number of hydrogen-bond donors (Lipinski definition) is 2. The highest BCUT2D eigenvalue weighted by atomic mass is 35.5. The maximum Gasteiger partial charge on any atom is 0.293 e. The van der Waals surface area contributed by atoms with Crippen LogP contribution in [0.2, 0.25) is 5.02 Å². The third kappa shape index (κ3) is 3.44. The highest BCUT2D eigenvalue weighted by Crippen LogP contribution is 2.33. The van der Waals surface area contributed by atoms with E-state index in [1.807, 2.05) is 19.9 Å². The molecule has 0 fully saturated rings. The second-order valence-corrected chi connectivity index (χ2v) is 5.28. The number of hydrogen-bond acceptors (Lipinski definition) is 4. The molecule has 2 aromatic carbocycles. The van der Waals surface area contributed by atoms with Gasteiger partial charge in [0.15, 0.2) is 0 Å². The first-order chi connectivity index (χ1) is 9.88. The Morgan fingerprint density at radius 3 is 2.67 bits per heavy atom. The number of aryl methyl sites for hydroxylation is 1. The zero-order valence-corrected chi connectivity index (χ0v) is 12.4. The third-order valence-electron chi connectivity index (χ3n) is 3.18. The molecule has 0 bridgehead atoms. The first kappa shape index (κ1) is 15.1. The van der Waals surface area contributed by atoms with E-state index in [4.69, 9.17) is 11.6 Å². The average Bonchev–Trinajstić information content (AvgIpc) is 2.43. The highest BCUT2D eigenvalue weighted by molar-refractivity contribution is 6.30. The largest absolute Gasteiger partial charge is 0.508 e. The van der Waals surface area contributed by atoms with Gasteiger partial charge in [-0.25, -0.2) is 0 Å². The van der Waals surface area contributed by atoms with E-state index in [2.05, 4.69) is 5.32 Å². The topological polar surface area (TPSA) is 75.4 Å². The van der Waals surface area contributed by atoms with Crippen LogP contribution in [-0.4, -0.2) is 10.0 Å². The van der Waals surface area contributed by atoms with E-state index in [9.17, 15) is 15.2 Å². The Hall–Kier alpha value is -2.27. The number of phenols is 1. The fourth-order valence-corrected chi connectivity index (χ4v) is 2.28. The lowest BCUT2D eigenvalue weighted by atomic mass is 10.0. The molecule has 0 aliphatic rings. The second kappa shape index (κ2) is 6.01. The average molecular weight is 307 g/mol. The summed E-state index contributed by atoms with van der Waals surface area (Å²) in [7, 11) is 0. The Balaban J connectivity index is 2.33. The van der Waals surface area contributed by atoms with Crippen LogP contribution in [0.1, 0.15) is 24.1 Å². The first-order valence-corrected chi connectivity index (χ1v) is 6.76. The Bertz CT molecular complexity index is 689. The first-order valence-electron chi connectivity index (χ1n) is 6.38. The minimum atomic E-state index is -0.489. The van der Waals surface area contributed by atoms with Gasteiger partial charge < -0.3 is 10.4 Å². The van der Waals surface area contributed by atoms with Gasteiger partial charge in [0.05, 0.1) is 11.0 Å². The predicted molar refractivity (Wildman–Crippen MR) is 83.0 cm³/mol. The van der Waals surface area contributed by atoms with E-state index < -0.39 is 4.92 Å². The molecule has 0 aromatic heterocycles. The van der Waals surface area contributed by atoms with E-state index >= 15 is 0 Å². The summed E-state index contributed by atoms with van der Waals surface area (Å²) in [4.78, 5) is 10.6. The molecule has 0 spiro atoms. The normalized spacial score (nSPS) is 12.0. The molecule has 2 rings (SSSR count). The van der Waals surface area contributed by atoms with Crippen molar-refractivity contribution < 1.29 is 10.0 Å². The van der Waals surface area contributed by atoms with Gasteiger partial charge in [-0.3, -0.25) is 10.1 Å². The van der Waals surface area contributed by atoms with Crippen LogP contribution in [-0.2, 0) is 0 Å². The maximum atomic E-state index is 11.1. The van der Waals surface area contributed by atoms with E-state index in [1.165, 1.54) is 6.07 Å². The quantitative estimate of drug-likeness (QED) is 0.647. The van der Waals surface area contributed by atoms with Crippen molar-refractivity contribution in [1.29, 1.82) is 0 Å². The van der Waals surface area contributed by atoms with Gasteiger partial charge in [-0.05, 0) is 32.0 Å². The maximum absolute atomic E-state index is 11.1. The number of phenolic OH excluding ortho intramolecular Hbond substituents is 1. The van der Waals surface area contributed by atoms with Gasteiger partial charge in [-0.15, -0.1) is 0 Å². The molecule has 1 atom stereocenters. The Kier molecular flexibility index (Phi) is 4.33. The van der Waals surface area contributed by atoms with E-state index in [-0.39, 0.29) is 17.5 Å². The highest BCUT2D eigenvalue weighted by Gasteiger charge is 2.18. The van der Waals surface area contributed by atoms with Crippen molar-refractivity contribution in [3.8, 4) is 5.75 Å². The molecule has 21 heavy (non-hydrogen) atoms. The van der Waals surface area contributed by atoms with Crippen LogP contribution in [0, 0.1) is 17.0 Å². The number of halogens is 1. The van der Waals surface area contributed by atoms with Gasteiger partial charge in [0, 0.05) is 16.7 Å². The van der Waals surface area contributed by atoms with E-state index in [1.54, 1.807) is 24.3 Å². The minimum Gasteiger partial charge on any atom is -0.508 e. The summed E-state index contributed by atoms with van der Waals surface area (Å²) in [5.74, 6) is 0.150. The van der Waals surface area contributed by atoms with Crippen LogP contribution >= 0.6 is 11.6 Å². The zero-order valence-electron chi connectivity index (χ0n) is 11.6. The van der Waals surface area contributed by atoms with Gasteiger partial charge in [-0.1, -0.05) is 29.3 Å². The molecule has 0 radical (unpaired) electrons. The summed E-state index contributed by atoms with van der Waals surface area (Å²) in [6.07, 6.45) is 0. The molecule has 0 saturated carbocycles. The number of aromatic hydroxyl groups is 1. The van der Waals surface area contributed by atoms with Crippen LogP contribution < -0.4 is 5.32 Å². The monoisotopic (exact) mass is 306 g/mol. The molecular weight excluding hydrogens is 292 g/mol. The van der Waals surface area contributed by atoms with E-state index in [0.29, 0.717) is 16.3 Å². The number of benzene rings is 2. The van der Waals surface area contributed by atoms with Gasteiger partial charge in [0.2, 0.25) is 0 Å². The second-order valence-electron chi connectivity index (χ2n) is 4.85. The molecule has 5 nitrogen and oxygen atoms in total. The summed E-state index contributed by atoms with van der Waals surface area (Å²) < 4.78 is 0. The summed E-state index contributed by atoms with van der Waals surface area (Å²) in [5, 5.41) is 24.3. The lowest BCUT2D eigenvalue weighted by Crippen LogP contribution is -2.08. The van der Waals surface area contributed by atoms with Crippen LogP contribution in [0.25, 0.3) is 0 Å². The number of nitro groups is 1.